The zero-order chi connectivity index (χ0) is 20.4. The summed E-state index contributed by atoms with van der Waals surface area (Å²) in [5, 5.41) is 6.97. The molecule has 0 spiro atoms. The average Bonchev–Trinajstić information content (AvgIpc) is 3.31. The average molecular weight is 403 g/mol. The van der Waals surface area contributed by atoms with E-state index in [1.165, 1.54) is 0 Å². The van der Waals surface area contributed by atoms with E-state index in [9.17, 15) is 13.2 Å². The summed E-state index contributed by atoms with van der Waals surface area (Å²) in [5.74, 6) is 0.534. The van der Waals surface area contributed by atoms with Gasteiger partial charge in [-0.1, -0.05) is 0 Å². The fourth-order valence-electron chi connectivity index (χ4n) is 3.48. The van der Waals surface area contributed by atoms with Crippen molar-refractivity contribution in [1.82, 2.24) is 29.6 Å². The maximum atomic E-state index is 12.9. The van der Waals surface area contributed by atoms with Crippen LogP contribution in [0.3, 0.4) is 0 Å². The van der Waals surface area contributed by atoms with Crippen molar-refractivity contribution in [1.29, 1.82) is 0 Å². The molecule has 152 valence electrons. The standard InChI is InChI=1S/C19H20F3N7/c1-28-10-13(9-25-28)11-29-7-4-14(12-29)16-3-6-24-18(26-16)27-17-8-15(2-5-23-17)19(20,21)22/h2-3,5-6,8-10,14H,4,7,11-12H2,1H3,(H,23,24,26,27)/t14-/m1/s1. The van der Waals surface area contributed by atoms with Crippen LogP contribution in [-0.2, 0) is 19.8 Å². The lowest BCUT2D eigenvalue weighted by atomic mass is 10.1. The van der Waals surface area contributed by atoms with Gasteiger partial charge in [0.1, 0.15) is 5.82 Å². The molecule has 0 aromatic carbocycles. The lowest BCUT2D eigenvalue weighted by molar-refractivity contribution is -0.137. The molecule has 1 atom stereocenters. The minimum atomic E-state index is -4.43. The molecule has 1 aliphatic heterocycles. The molecule has 1 saturated heterocycles. The van der Waals surface area contributed by atoms with Crippen molar-refractivity contribution >= 4 is 11.8 Å². The lowest BCUT2D eigenvalue weighted by Crippen LogP contribution is -2.19. The van der Waals surface area contributed by atoms with Gasteiger partial charge in [0.25, 0.3) is 0 Å². The third-order valence-corrected chi connectivity index (χ3v) is 4.86. The van der Waals surface area contributed by atoms with Crippen LogP contribution in [0.5, 0.6) is 0 Å². The first kappa shape index (κ1) is 19.3. The molecule has 10 heteroatoms. The van der Waals surface area contributed by atoms with Gasteiger partial charge in [-0.3, -0.25) is 9.58 Å². The van der Waals surface area contributed by atoms with Crippen LogP contribution in [-0.4, -0.2) is 42.7 Å². The molecular formula is C19H20F3N7. The smallest absolute Gasteiger partial charge is 0.309 e. The zero-order valence-electron chi connectivity index (χ0n) is 15.8. The number of nitrogens with one attached hydrogen (secondary N) is 1. The van der Waals surface area contributed by atoms with Crippen LogP contribution < -0.4 is 5.32 Å². The number of alkyl halides is 3. The normalized spacial score (nSPS) is 17.6. The monoisotopic (exact) mass is 403 g/mol. The number of aromatic nitrogens is 5. The Balaban J connectivity index is 1.43. The SMILES string of the molecule is Cn1cc(CN2CC[C@@H](c3ccnc(Nc4cc(C(F)(F)F)ccn4)n3)C2)cn1. The molecule has 4 rings (SSSR count). The van der Waals surface area contributed by atoms with Crippen LogP contribution >= 0.6 is 0 Å². The predicted molar refractivity (Wildman–Crippen MR) is 100 cm³/mol. The van der Waals surface area contributed by atoms with E-state index in [1.807, 2.05) is 25.5 Å². The fraction of sp³-hybridized carbons (Fsp3) is 0.368. The number of anilines is 2. The van der Waals surface area contributed by atoms with Crippen molar-refractivity contribution in [3.63, 3.8) is 0 Å². The van der Waals surface area contributed by atoms with Crippen LogP contribution in [0.2, 0.25) is 0 Å². The summed E-state index contributed by atoms with van der Waals surface area (Å²) in [4.78, 5) is 14.9. The second kappa shape index (κ2) is 7.78. The van der Waals surface area contributed by atoms with E-state index in [2.05, 4.69) is 30.3 Å². The third-order valence-electron chi connectivity index (χ3n) is 4.86. The van der Waals surface area contributed by atoms with E-state index in [0.717, 1.165) is 55.6 Å². The molecule has 0 aliphatic carbocycles. The van der Waals surface area contributed by atoms with Crippen molar-refractivity contribution in [2.24, 2.45) is 7.05 Å². The summed E-state index contributed by atoms with van der Waals surface area (Å²) in [6, 6.07) is 3.72. The highest BCUT2D eigenvalue weighted by Crippen LogP contribution is 2.31. The number of hydrogen-bond donors (Lipinski definition) is 1. The van der Waals surface area contributed by atoms with E-state index >= 15 is 0 Å². The van der Waals surface area contributed by atoms with Gasteiger partial charge < -0.3 is 5.32 Å². The molecule has 1 N–H and O–H groups in total. The highest BCUT2D eigenvalue weighted by atomic mass is 19.4. The van der Waals surface area contributed by atoms with Crippen molar-refractivity contribution < 1.29 is 13.2 Å². The highest BCUT2D eigenvalue weighted by molar-refractivity contribution is 5.49. The van der Waals surface area contributed by atoms with Crippen molar-refractivity contribution in [2.45, 2.75) is 25.1 Å². The first-order valence-corrected chi connectivity index (χ1v) is 9.20. The molecule has 0 saturated carbocycles. The summed E-state index contributed by atoms with van der Waals surface area (Å²) >= 11 is 0. The molecule has 1 fully saturated rings. The van der Waals surface area contributed by atoms with E-state index in [4.69, 9.17) is 0 Å². The Bertz CT molecular complexity index is 986. The first-order chi connectivity index (χ1) is 13.9. The van der Waals surface area contributed by atoms with Gasteiger partial charge in [-0.25, -0.2) is 15.0 Å². The third kappa shape index (κ3) is 4.70. The Morgan fingerprint density at radius 1 is 1.21 bits per heavy atom. The summed E-state index contributed by atoms with van der Waals surface area (Å²) in [6.45, 7) is 2.63. The maximum absolute atomic E-state index is 12.9. The number of aryl methyl sites for hydroxylation is 1. The Labute approximate surface area is 165 Å². The summed E-state index contributed by atoms with van der Waals surface area (Å²) in [7, 11) is 1.89. The Hall–Kier alpha value is -3.01. The van der Waals surface area contributed by atoms with Crippen LogP contribution in [0, 0.1) is 0 Å². The quantitative estimate of drug-likeness (QED) is 0.705. The van der Waals surface area contributed by atoms with Crippen LogP contribution in [0.4, 0.5) is 24.9 Å². The van der Waals surface area contributed by atoms with Gasteiger partial charge in [0.05, 0.1) is 17.5 Å². The molecule has 3 aromatic heterocycles. The molecule has 1 aliphatic rings. The number of nitrogens with zero attached hydrogens (tertiary/aromatic N) is 6. The summed E-state index contributed by atoms with van der Waals surface area (Å²) in [5.41, 5.74) is 1.25. The van der Waals surface area contributed by atoms with Crippen molar-refractivity contribution in [3.05, 3.63) is 59.8 Å². The van der Waals surface area contributed by atoms with Gasteiger partial charge in [0.15, 0.2) is 0 Å². The number of rotatable bonds is 5. The van der Waals surface area contributed by atoms with Crippen LogP contribution in [0.1, 0.15) is 29.2 Å². The Morgan fingerprint density at radius 2 is 2.03 bits per heavy atom. The molecule has 0 radical (unpaired) electrons. The predicted octanol–water partition coefficient (Wildman–Crippen LogP) is 3.36. The first-order valence-electron chi connectivity index (χ1n) is 9.20. The number of halogens is 3. The molecule has 7 nitrogen and oxygen atoms in total. The maximum Gasteiger partial charge on any atom is 0.416 e. The zero-order valence-corrected chi connectivity index (χ0v) is 15.8. The Morgan fingerprint density at radius 3 is 2.79 bits per heavy atom. The van der Waals surface area contributed by atoms with E-state index < -0.39 is 11.7 Å². The van der Waals surface area contributed by atoms with Gasteiger partial charge in [0.2, 0.25) is 5.95 Å². The number of likely N-dealkylation sites (tertiary alicyclic amines) is 1. The van der Waals surface area contributed by atoms with E-state index in [0.29, 0.717) is 0 Å². The van der Waals surface area contributed by atoms with E-state index in [1.54, 1.807) is 10.9 Å². The number of hydrogen-bond acceptors (Lipinski definition) is 6. The van der Waals surface area contributed by atoms with Gasteiger partial charge in [-0.15, -0.1) is 0 Å². The summed E-state index contributed by atoms with van der Waals surface area (Å²) < 4.78 is 40.4. The molecule has 0 bridgehead atoms. The van der Waals surface area contributed by atoms with E-state index in [-0.39, 0.29) is 17.7 Å². The van der Waals surface area contributed by atoms with Gasteiger partial charge in [-0.05, 0) is 31.2 Å². The summed E-state index contributed by atoms with van der Waals surface area (Å²) in [6.07, 6.45) is 3.12. The Kier molecular flexibility index (Phi) is 5.18. The molecule has 4 heterocycles. The molecule has 3 aromatic rings. The molecule has 0 amide bonds. The molecular weight excluding hydrogens is 383 g/mol. The largest absolute Gasteiger partial charge is 0.416 e. The second-order valence-electron chi connectivity index (χ2n) is 7.10. The van der Waals surface area contributed by atoms with Gasteiger partial charge >= 0.3 is 6.18 Å². The molecule has 29 heavy (non-hydrogen) atoms. The van der Waals surface area contributed by atoms with Crippen LogP contribution in [0.15, 0.2) is 43.0 Å². The number of pyridine rings is 1. The van der Waals surface area contributed by atoms with Crippen LogP contribution in [0.25, 0.3) is 0 Å². The fourth-order valence-corrected chi connectivity index (χ4v) is 3.48. The minimum absolute atomic E-state index is 0.0570. The minimum Gasteiger partial charge on any atom is -0.309 e. The molecule has 0 unspecified atom stereocenters. The van der Waals surface area contributed by atoms with Gasteiger partial charge in [-0.2, -0.15) is 18.3 Å². The van der Waals surface area contributed by atoms with Crippen molar-refractivity contribution in [3.8, 4) is 0 Å². The van der Waals surface area contributed by atoms with Crippen molar-refractivity contribution in [2.75, 3.05) is 18.4 Å². The topological polar surface area (TPSA) is 71.8 Å². The van der Waals surface area contributed by atoms with Gasteiger partial charge in [0, 0.05) is 50.2 Å². The highest BCUT2D eigenvalue weighted by Gasteiger charge is 2.31. The lowest BCUT2D eigenvalue weighted by Gasteiger charge is -2.15. The second-order valence-corrected chi connectivity index (χ2v) is 7.10.